The van der Waals surface area contributed by atoms with Crippen molar-refractivity contribution in [2.24, 2.45) is 0 Å². The Hall–Kier alpha value is -1.29. The van der Waals surface area contributed by atoms with E-state index in [4.69, 9.17) is 5.73 Å². The lowest BCUT2D eigenvalue weighted by molar-refractivity contribution is 0.0945. The minimum Gasteiger partial charge on any atom is -0.397 e. The van der Waals surface area contributed by atoms with Crippen molar-refractivity contribution < 1.29 is 5.11 Å². The van der Waals surface area contributed by atoms with Crippen molar-refractivity contribution in [2.75, 3.05) is 17.6 Å². The normalized spacial score (nSPS) is 11.3. The van der Waals surface area contributed by atoms with Crippen molar-refractivity contribution >= 4 is 11.4 Å². The van der Waals surface area contributed by atoms with Gasteiger partial charge in [0.05, 0.1) is 23.2 Å². The van der Waals surface area contributed by atoms with Crippen LogP contribution in [0.3, 0.4) is 0 Å². The maximum absolute atomic E-state index is 9.43. The average Bonchev–Trinajstić information content (AvgIpc) is 2.00. The van der Waals surface area contributed by atoms with Gasteiger partial charge < -0.3 is 16.2 Å². The van der Waals surface area contributed by atoms with Crippen LogP contribution in [0, 0.1) is 0 Å². The highest BCUT2D eigenvalue weighted by Crippen LogP contribution is 2.10. The number of hydrogen-bond acceptors (Lipinski definition) is 4. The average molecular weight is 181 g/mol. The number of rotatable bonds is 3. The van der Waals surface area contributed by atoms with E-state index >= 15 is 0 Å². The third kappa shape index (κ3) is 3.75. The molecule has 1 aromatic heterocycles. The number of nitrogen functional groups attached to an aromatic ring is 1. The van der Waals surface area contributed by atoms with Crippen LogP contribution in [0.15, 0.2) is 18.5 Å². The van der Waals surface area contributed by atoms with Crippen molar-refractivity contribution in [2.45, 2.75) is 19.4 Å². The minimum absolute atomic E-state index is 0.470. The van der Waals surface area contributed by atoms with Crippen LogP contribution in [0.1, 0.15) is 13.8 Å². The van der Waals surface area contributed by atoms with Crippen LogP contribution in [0.4, 0.5) is 11.4 Å². The molecule has 4 nitrogen and oxygen atoms in total. The van der Waals surface area contributed by atoms with Crippen molar-refractivity contribution in [3.8, 4) is 0 Å². The largest absolute Gasteiger partial charge is 0.397 e. The SMILES string of the molecule is CC(C)(O)CNc1cncc(N)c1. The molecule has 13 heavy (non-hydrogen) atoms. The summed E-state index contributed by atoms with van der Waals surface area (Å²) in [5.74, 6) is 0. The van der Waals surface area contributed by atoms with Gasteiger partial charge in [0.2, 0.25) is 0 Å². The standard InChI is InChI=1S/C9H15N3O/c1-9(2,13)6-12-8-3-7(10)4-11-5-8/h3-5,12-13H,6,10H2,1-2H3. The number of pyridine rings is 1. The molecule has 0 saturated heterocycles. The molecule has 0 amide bonds. The maximum Gasteiger partial charge on any atom is 0.0763 e. The molecular formula is C9H15N3O. The topological polar surface area (TPSA) is 71.2 Å². The lowest BCUT2D eigenvalue weighted by Gasteiger charge is -2.18. The van der Waals surface area contributed by atoms with E-state index in [0.717, 1.165) is 5.69 Å². The highest BCUT2D eigenvalue weighted by molar-refractivity contribution is 5.51. The van der Waals surface area contributed by atoms with Gasteiger partial charge in [0.1, 0.15) is 0 Å². The summed E-state index contributed by atoms with van der Waals surface area (Å²) in [5, 5.41) is 12.5. The molecule has 0 aliphatic heterocycles. The van der Waals surface area contributed by atoms with Gasteiger partial charge in [-0.25, -0.2) is 0 Å². The molecule has 72 valence electrons. The number of nitrogens with two attached hydrogens (primary N) is 1. The fourth-order valence-corrected chi connectivity index (χ4v) is 0.873. The minimum atomic E-state index is -0.732. The Kier molecular flexibility index (Phi) is 2.72. The molecular weight excluding hydrogens is 166 g/mol. The second-order valence-electron chi connectivity index (χ2n) is 3.67. The predicted molar refractivity (Wildman–Crippen MR) is 53.4 cm³/mol. The number of aromatic nitrogens is 1. The zero-order valence-electron chi connectivity index (χ0n) is 7.91. The molecule has 1 rings (SSSR count). The van der Waals surface area contributed by atoms with Gasteiger partial charge in [-0.15, -0.1) is 0 Å². The highest BCUT2D eigenvalue weighted by atomic mass is 16.3. The third-order valence-corrected chi connectivity index (χ3v) is 1.48. The van der Waals surface area contributed by atoms with Gasteiger partial charge in [0, 0.05) is 12.7 Å². The summed E-state index contributed by atoms with van der Waals surface area (Å²) in [7, 11) is 0. The Morgan fingerprint density at radius 3 is 2.77 bits per heavy atom. The first-order chi connectivity index (χ1) is 5.97. The Balaban J connectivity index is 2.55. The Labute approximate surface area is 77.8 Å². The Morgan fingerprint density at radius 2 is 2.23 bits per heavy atom. The van der Waals surface area contributed by atoms with Crippen molar-refractivity contribution in [3.05, 3.63) is 18.5 Å². The summed E-state index contributed by atoms with van der Waals surface area (Å²) in [6.07, 6.45) is 3.25. The van der Waals surface area contributed by atoms with E-state index in [1.807, 2.05) is 0 Å². The molecule has 0 fully saturated rings. The number of hydrogen-bond donors (Lipinski definition) is 3. The number of nitrogens with one attached hydrogen (secondary N) is 1. The monoisotopic (exact) mass is 181 g/mol. The first kappa shape index (κ1) is 9.80. The quantitative estimate of drug-likeness (QED) is 0.646. The van der Waals surface area contributed by atoms with E-state index in [2.05, 4.69) is 10.3 Å². The van der Waals surface area contributed by atoms with Gasteiger partial charge in [0.15, 0.2) is 0 Å². The summed E-state index contributed by atoms with van der Waals surface area (Å²) < 4.78 is 0. The third-order valence-electron chi connectivity index (χ3n) is 1.48. The number of anilines is 2. The Bertz CT molecular complexity index is 280. The highest BCUT2D eigenvalue weighted by Gasteiger charge is 2.11. The van der Waals surface area contributed by atoms with Crippen LogP contribution in [0.2, 0.25) is 0 Å². The van der Waals surface area contributed by atoms with Crippen molar-refractivity contribution in [1.29, 1.82) is 0 Å². The zero-order chi connectivity index (χ0) is 9.90. The van der Waals surface area contributed by atoms with E-state index in [0.29, 0.717) is 12.2 Å². The van der Waals surface area contributed by atoms with E-state index in [-0.39, 0.29) is 0 Å². The van der Waals surface area contributed by atoms with Crippen LogP contribution in [0.5, 0.6) is 0 Å². The van der Waals surface area contributed by atoms with Gasteiger partial charge in [-0.3, -0.25) is 4.98 Å². The summed E-state index contributed by atoms with van der Waals surface area (Å²) in [6, 6.07) is 1.78. The van der Waals surface area contributed by atoms with Gasteiger partial charge in [-0.2, -0.15) is 0 Å². The molecule has 0 saturated carbocycles. The summed E-state index contributed by atoms with van der Waals surface area (Å²) >= 11 is 0. The second-order valence-corrected chi connectivity index (χ2v) is 3.67. The van der Waals surface area contributed by atoms with Crippen LogP contribution < -0.4 is 11.1 Å². The van der Waals surface area contributed by atoms with Crippen LogP contribution >= 0.6 is 0 Å². The molecule has 1 aromatic rings. The molecule has 0 radical (unpaired) electrons. The first-order valence-corrected chi connectivity index (χ1v) is 4.14. The van der Waals surface area contributed by atoms with Crippen molar-refractivity contribution in [1.82, 2.24) is 4.98 Å². The molecule has 1 heterocycles. The molecule has 0 unspecified atom stereocenters. The molecule has 0 aliphatic rings. The van der Waals surface area contributed by atoms with Gasteiger partial charge in [-0.05, 0) is 19.9 Å². The molecule has 0 spiro atoms. The van der Waals surface area contributed by atoms with E-state index in [9.17, 15) is 5.11 Å². The number of nitrogens with zero attached hydrogens (tertiary/aromatic N) is 1. The van der Waals surface area contributed by atoms with Crippen LogP contribution in [-0.2, 0) is 0 Å². The molecule has 0 bridgehead atoms. The number of aliphatic hydroxyl groups is 1. The van der Waals surface area contributed by atoms with E-state index in [1.165, 1.54) is 0 Å². The fourth-order valence-electron chi connectivity index (χ4n) is 0.873. The zero-order valence-corrected chi connectivity index (χ0v) is 7.91. The fraction of sp³-hybridized carbons (Fsp3) is 0.444. The lowest BCUT2D eigenvalue weighted by Crippen LogP contribution is -2.29. The van der Waals surface area contributed by atoms with E-state index < -0.39 is 5.60 Å². The summed E-state index contributed by atoms with van der Waals surface area (Å²) in [6.45, 7) is 3.94. The molecule has 0 atom stereocenters. The smallest absolute Gasteiger partial charge is 0.0763 e. The van der Waals surface area contributed by atoms with Crippen LogP contribution in [-0.4, -0.2) is 22.2 Å². The summed E-state index contributed by atoms with van der Waals surface area (Å²) in [5.41, 5.74) is 6.23. The molecule has 0 aliphatic carbocycles. The predicted octanol–water partition coefficient (Wildman–Crippen LogP) is 0.847. The van der Waals surface area contributed by atoms with E-state index in [1.54, 1.807) is 32.3 Å². The lowest BCUT2D eigenvalue weighted by atomic mass is 10.1. The second kappa shape index (κ2) is 3.62. The molecule has 4 N–H and O–H groups in total. The van der Waals surface area contributed by atoms with Gasteiger partial charge in [-0.1, -0.05) is 0 Å². The Morgan fingerprint density at radius 1 is 1.54 bits per heavy atom. The van der Waals surface area contributed by atoms with Crippen LogP contribution in [0.25, 0.3) is 0 Å². The van der Waals surface area contributed by atoms with Crippen molar-refractivity contribution in [3.63, 3.8) is 0 Å². The molecule has 4 heteroatoms. The first-order valence-electron chi connectivity index (χ1n) is 4.14. The van der Waals surface area contributed by atoms with Gasteiger partial charge in [0.25, 0.3) is 0 Å². The molecule has 0 aromatic carbocycles. The summed E-state index contributed by atoms with van der Waals surface area (Å²) in [4.78, 5) is 3.92. The maximum atomic E-state index is 9.43. The van der Waals surface area contributed by atoms with Gasteiger partial charge >= 0.3 is 0 Å².